The van der Waals surface area contributed by atoms with Crippen LogP contribution >= 0.6 is 0 Å². The van der Waals surface area contributed by atoms with E-state index in [1.54, 1.807) is 0 Å². The predicted molar refractivity (Wildman–Crippen MR) is 90.5 cm³/mol. The predicted octanol–water partition coefficient (Wildman–Crippen LogP) is 2.03. The lowest BCUT2D eigenvalue weighted by Crippen LogP contribution is -2.58. The number of para-hydroxylation sites is 1. The molecule has 7 rings (SSSR count). The van der Waals surface area contributed by atoms with Crippen LogP contribution in [0.3, 0.4) is 0 Å². The first-order chi connectivity index (χ1) is 11.4. The summed E-state index contributed by atoms with van der Waals surface area (Å²) >= 11 is 0. The van der Waals surface area contributed by atoms with Crippen molar-refractivity contribution in [2.24, 2.45) is 21.8 Å². The summed E-state index contributed by atoms with van der Waals surface area (Å²) in [5, 5.41) is 2.55. The molecular weight excluding hydrogens is 282 g/mol. The zero-order chi connectivity index (χ0) is 15.0. The van der Waals surface area contributed by atoms with Gasteiger partial charge in [-0.3, -0.25) is 4.99 Å². The summed E-state index contributed by atoms with van der Waals surface area (Å²) in [6.45, 7) is 2.23. The van der Waals surface area contributed by atoms with Gasteiger partial charge in [0, 0.05) is 47.6 Å². The molecule has 3 nitrogen and oxygen atoms in total. The van der Waals surface area contributed by atoms with E-state index in [0.29, 0.717) is 12.0 Å². The Morgan fingerprint density at radius 1 is 1.09 bits per heavy atom. The first-order valence-electron chi connectivity index (χ1n) is 9.14. The van der Waals surface area contributed by atoms with Crippen molar-refractivity contribution >= 4 is 11.3 Å². The highest BCUT2D eigenvalue weighted by atomic mass is 15.2. The average Bonchev–Trinajstić information content (AvgIpc) is 3.01. The average molecular weight is 303 g/mol. The monoisotopic (exact) mass is 303 g/mol. The second-order valence-electron chi connectivity index (χ2n) is 7.54. The quantitative estimate of drug-likeness (QED) is 0.721. The minimum absolute atomic E-state index is 0.550. The topological polar surface area (TPSA) is 28.0 Å². The molecule has 0 N–H and O–H groups in total. The second-order valence-corrected chi connectivity index (χ2v) is 7.54. The molecule has 0 aromatic heterocycles. The molecule has 116 valence electrons. The van der Waals surface area contributed by atoms with E-state index in [2.05, 4.69) is 29.2 Å². The van der Waals surface area contributed by atoms with Crippen molar-refractivity contribution in [1.82, 2.24) is 4.90 Å². The van der Waals surface area contributed by atoms with Gasteiger partial charge in [0.2, 0.25) is 0 Å². The standard InChI is InChI=1S/C20H21N3/c1-2-6-16-12(4-1)13-9-11-23-17-8-7-15(20(23)19(13)22-16)18-14(17)5-3-10-21-18/h1-2,4,6,14-15,17H,3,5,7-11H2. The SMILES string of the molecule is c1ccc2c(c1)=NC1=C3C4CCC(C5CCCN=C45)N3CCC=21. The van der Waals surface area contributed by atoms with E-state index in [-0.39, 0.29) is 0 Å². The van der Waals surface area contributed by atoms with Gasteiger partial charge in [-0.15, -0.1) is 0 Å². The van der Waals surface area contributed by atoms with Gasteiger partial charge in [-0.25, -0.2) is 4.99 Å². The molecule has 2 bridgehead atoms. The van der Waals surface area contributed by atoms with Crippen LogP contribution in [0.5, 0.6) is 0 Å². The van der Waals surface area contributed by atoms with Crippen LogP contribution in [-0.4, -0.2) is 29.7 Å². The largest absolute Gasteiger partial charge is 0.369 e. The normalized spacial score (nSPS) is 33.6. The van der Waals surface area contributed by atoms with Crippen LogP contribution in [-0.2, 0) is 0 Å². The smallest absolute Gasteiger partial charge is 0.0874 e. The molecule has 3 atom stereocenters. The van der Waals surface area contributed by atoms with E-state index in [1.807, 2.05) is 0 Å². The van der Waals surface area contributed by atoms with Gasteiger partial charge < -0.3 is 4.90 Å². The third-order valence-electron chi connectivity index (χ3n) is 6.55. The van der Waals surface area contributed by atoms with Crippen LogP contribution in [0.25, 0.3) is 5.57 Å². The number of hydrogen-bond acceptors (Lipinski definition) is 3. The summed E-state index contributed by atoms with van der Waals surface area (Å²) in [5.41, 5.74) is 5.85. The molecule has 1 saturated carbocycles. The van der Waals surface area contributed by atoms with Gasteiger partial charge in [0.25, 0.3) is 0 Å². The van der Waals surface area contributed by atoms with E-state index >= 15 is 0 Å². The number of piperidine rings is 2. The maximum absolute atomic E-state index is 5.06. The molecule has 6 aliphatic rings. The van der Waals surface area contributed by atoms with Crippen LogP contribution < -0.4 is 10.6 Å². The summed E-state index contributed by atoms with van der Waals surface area (Å²) in [6, 6.07) is 9.37. The number of nitrogens with zero attached hydrogens (tertiary/aromatic N) is 3. The lowest BCUT2D eigenvalue weighted by atomic mass is 9.65. The lowest BCUT2D eigenvalue weighted by Gasteiger charge is -2.56. The number of fused-ring (bicyclic) bond motifs is 3. The summed E-state index contributed by atoms with van der Waals surface area (Å²) < 4.78 is 0. The Balaban J connectivity index is 1.61. The Morgan fingerprint density at radius 2 is 2.04 bits per heavy atom. The molecule has 1 aliphatic carbocycles. The van der Waals surface area contributed by atoms with E-state index in [0.717, 1.165) is 18.9 Å². The molecular formula is C20H21N3. The van der Waals surface area contributed by atoms with E-state index in [1.165, 1.54) is 65.5 Å². The minimum Gasteiger partial charge on any atom is -0.369 e. The minimum atomic E-state index is 0.550. The molecule has 1 aromatic carbocycles. The van der Waals surface area contributed by atoms with E-state index in [4.69, 9.17) is 9.98 Å². The van der Waals surface area contributed by atoms with Crippen LogP contribution in [0.1, 0.15) is 32.1 Å². The molecule has 3 heteroatoms. The molecule has 0 spiro atoms. The van der Waals surface area contributed by atoms with Crippen molar-refractivity contribution in [2.75, 3.05) is 13.1 Å². The molecule has 3 fully saturated rings. The zero-order valence-electron chi connectivity index (χ0n) is 13.3. The van der Waals surface area contributed by atoms with Crippen LogP contribution in [0.4, 0.5) is 0 Å². The maximum Gasteiger partial charge on any atom is 0.0874 e. The maximum atomic E-state index is 5.06. The Kier molecular flexibility index (Phi) is 2.36. The number of hydrogen-bond donors (Lipinski definition) is 0. The third-order valence-corrected chi connectivity index (χ3v) is 6.55. The highest BCUT2D eigenvalue weighted by Crippen LogP contribution is 2.50. The van der Waals surface area contributed by atoms with Gasteiger partial charge >= 0.3 is 0 Å². The first kappa shape index (κ1) is 12.5. The van der Waals surface area contributed by atoms with E-state index in [9.17, 15) is 0 Å². The van der Waals surface area contributed by atoms with Gasteiger partial charge in [-0.05, 0) is 43.7 Å². The third kappa shape index (κ3) is 1.51. The molecule has 5 heterocycles. The summed E-state index contributed by atoms with van der Waals surface area (Å²) in [6.07, 6.45) is 6.43. The molecule has 2 saturated heterocycles. The summed E-state index contributed by atoms with van der Waals surface area (Å²) in [7, 11) is 0. The van der Waals surface area contributed by atoms with Gasteiger partial charge in [0.1, 0.15) is 0 Å². The molecule has 5 aliphatic heterocycles. The fourth-order valence-corrected chi connectivity index (χ4v) is 5.68. The Labute approximate surface area is 136 Å². The van der Waals surface area contributed by atoms with Crippen molar-refractivity contribution in [1.29, 1.82) is 0 Å². The van der Waals surface area contributed by atoms with Crippen molar-refractivity contribution in [3.8, 4) is 0 Å². The Morgan fingerprint density at radius 3 is 3.04 bits per heavy atom. The van der Waals surface area contributed by atoms with E-state index < -0.39 is 0 Å². The highest BCUT2D eigenvalue weighted by molar-refractivity contribution is 5.95. The summed E-state index contributed by atoms with van der Waals surface area (Å²) in [5.74, 6) is 1.28. The Hall–Kier alpha value is -1.90. The number of aliphatic imine (C=N–C) groups is 1. The van der Waals surface area contributed by atoms with Gasteiger partial charge in [0.15, 0.2) is 0 Å². The molecule has 0 amide bonds. The van der Waals surface area contributed by atoms with Crippen molar-refractivity contribution in [2.45, 2.75) is 38.1 Å². The van der Waals surface area contributed by atoms with Crippen molar-refractivity contribution in [3.05, 3.63) is 46.2 Å². The van der Waals surface area contributed by atoms with Crippen LogP contribution in [0, 0.1) is 11.8 Å². The van der Waals surface area contributed by atoms with Gasteiger partial charge in [0.05, 0.1) is 11.1 Å². The van der Waals surface area contributed by atoms with Crippen LogP contribution in [0.15, 0.2) is 45.6 Å². The number of rotatable bonds is 0. The molecule has 23 heavy (non-hydrogen) atoms. The zero-order valence-corrected chi connectivity index (χ0v) is 13.3. The van der Waals surface area contributed by atoms with Gasteiger partial charge in [-0.2, -0.15) is 0 Å². The summed E-state index contributed by atoms with van der Waals surface area (Å²) in [4.78, 5) is 12.8. The molecule has 1 aromatic rings. The number of allylic oxidation sites excluding steroid dienone is 2. The molecule has 0 radical (unpaired) electrons. The number of benzene rings is 1. The Bertz CT molecular complexity index is 892. The molecule has 3 unspecified atom stereocenters. The fourth-order valence-electron chi connectivity index (χ4n) is 5.68. The van der Waals surface area contributed by atoms with Crippen LogP contribution in [0.2, 0.25) is 0 Å². The lowest BCUT2D eigenvalue weighted by molar-refractivity contribution is 0.113. The van der Waals surface area contributed by atoms with Crippen molar-refractivity contribution in [3.63, 3.8) is 0 Å². The first-order valence-corrected chi connectivity index (χ1v) is 9.14. The van der Waals surface area contributed by atoms with Gasteiger partial charge in [-0.1, -0.05) is 18.2 Å². The fraction of sp³-hybridized carbons (Fsp3) is 0.500. The second kappa shape index (κ2) is 4.34. The van der Waals surface area contributed by atoms with Crippen molar-refractivity contribution < 1.29 is 0 Å². The highest BCUT2D eigenvalue weighted by Gasteiger charge is 2.50.